The molecule has 0 radical (unpaired) electrons. The fraction of sp³-hybridized carbons (Fsp3) is 0.947. The van der Waals surface area contributed by atoms with Gasteiger partial charge in [0.25, 0.3) is 0 Å². The second-order valence-electron chi connectivity index (χ2n) is 26.3. The molecular formula is C76H149NO5. The monoisotopic (exact) mass is 1160 g/mol. The second kappa shape index (κ2) is 72.1. The Morgan fingerprint density at radius 3 is 0.866 bits per heavy atom. The van der Waals surface area contributed by atoms with E-state index < -0.39 is 12.1 Å². The van der Waals surface area contributed by atoms with E-state index in [0.29, 0.717) is 25.9 Å². The number of rotatable bonds is 72. The summed E-state index contributed by atoms with van der Waals surface area (Å²) in [6.45, 7) is 5.01. The molecule has 6 heteroatoms. The Morgan fingerprint density at radius 1 is 0.329 bits per heavy atom. The van der Waals surface area contributed by atoms with E-state index in [9.17, 15) is 19.8 Å². The third-order valence-electron chi connectivity index (χ3n) is 18.1. The quantitative estimate of drug-likeness (QED) is 0.0320. The molecule has 6 nitrogen and oxygen atoms in total. The van der Waals surface area contributed by atoms with E-state index in [-0.39, 0.29) is 18.5 Å². The summed E-state index contributed by atoms with van der Waals surface area (Å²) in [6, 6.07) is -0.540. The fourth-order valence-electron chi connectivity index (χ4n) is 12.3. The second-order valence-corrected chi connectivity index (χ2v) is 26.3. The topological polar surface area (TPSA) is 95.9 Å². The lowest BCUT2D eigenvalue weighted by atomic mass is 10.0. The van der Waals surface area contributed by atoms with Gasteiger partial charge in [-0.3, -0.25) is 9.59 Å². The number of carbonyl (C=O) groups is 2. The number of hydrogen-bond donors (Lipinski definition) is 3. The molecule has 82 heavy (non-hydrogen) atoms. The van der Waals surface area contributed by atoms with Gasteiger partial charge < -0.3 is 20.3 Å². The smallest absolute Gasteiger partial charge is 0.305 e. The van der Waals surface area contributed by atoms with E-state index in [0.717, 1.165) is 38.5 Å². The molecule has 0 fully saturated rings. The Morgan fingerprint density at radius 2 is 0.573 bits per heavy atom. The van der Waals surface area contributed by atoms with Crippen molar-refractivity contribution in [1.82, 2.24) is 5.32 Å². The van der Waals surface area contributed by atoms with Crippen LogP contribution in [0.1, 0.15) is 438 Å². The first-order valence-corrected chi connectivity index (χ1v) is 37.9. The number of esters is 1. The van der Waals surface area contributed by atoms with Crippen molar-refractivity contribution in [3.63, 3.8) is 0 Å². The van der Waals surface area contributed by atoms with Crippen molar-refractivity contribution in [2.45, 2.75) is 450 Å². The Kier molecular flexibility index (Phi) is 70.8. The lowest BCUT2D eigenvalue weighted by molar-refractivity contribution is -0.143. The molecule has 0 saturated heterocycles. The van der Waals surface area contributed by atoms with Crippen LogP contribution >= 0.6 is 0 Å². The lowest BCUT2D eigenvalue weighted by Gasteiger charge is -2.22. The standard InChI is InChI=1S/C76H149NO5/c1-3-5-7-9-11-13-15-17-19-20-21-35-38-41-44-48-52-56-60-64-68-74(79)73(72-78)77-75(80)69-65-61-57-53-49-45-42-39-36-33-31-29-27-25-23-22-24-26-28-30-32-34-37-40-43-47-51-55-59-63-67-71-82-76(81)70-66-62-58-54-50-46-18-16-14-12-10-8-6-4-2/h24,26,73-74,78-79H,3-23,25,27-72H2,1-2H3,(H,77,80)/b26-24-. The zero-order valence-electron chi connectivity index (χ0n) is 56.0. The average Bonchev–Trinajstić information content (AvgIpc) is 3.48. The molecule has 0 aromatic rings. The summed E-state index contributed by atoms with van der Waals surface area (Å²) in [7, 11) is 0. The van der Waals surface area contributed by atoms with Crippen molar-refractivity contribution in [2.75, 3.05) is 13.2 Å². The van der Waals surface area contributed by atoms with Crippen LogP contribution in [0.3, 0.4) is 0 Å². The van der Waals surface area contributed by atoms with E-state index in [4.69, 9.17) is 4.74 Å². The molecule has 488 valence electrons. The van der Waals surface area contributed by atoms with Crippen LogP contribution in [-0.4, -0.2) is 47.4 Å². The summed E-state index contributed by atoms with van der Waals surface area (Å²) in [5.74, 6) is -0.00658. The van der Waals surface area contributed by atoms with E-state index in [1.54, 1.807) is 0 Å². The number of nitrogens with one attached hydrogen (secondary N) is 1. The highest BCUT2D eigenvalue weighted by Gasteiger charge is 2.20. The first-order chi connectivity index (χ1) is 40.5. The Bertz CT molecular complexity index is 1240. The van der Waals surface area contributed by atoms with E-state index in [1.165, 1.54) is 366 Å². The van der Waals surface area contributed by atoms with Crippen molar-refractivity contribution in [1.29, 1.82) is 0 Å². The van der Waals surface area contributed by atoms with Crippen molar-refractivity contribution in [3.05, 3.63) is 12.2 Å². The normalized spacial score (nSPS) is 12.5. The number of unbranched alkanes of at least 4 members (excludes halogenated alkanes) is 59. The summed E-state index contributed by atoms with van der Waals surface area (Å²) in [5, 5.41) is 23.4. The van der Waals surface area contributed by atoms with Crippen LogP contribution < -0.4 is 5.32 Å². The molecule has 0 aliphatic heterocycles. The highest BCUT2D eigenvalue weighted by Crippen LogP contribution is 2.20. The molecule has 0 aliphatic carbocycles. The van der Waals surface area contributed by atoms with E-state index in [2.05, 4.69) is 31.3 Å². The van der Waals surface area contributed by atoms with Crippen molar-refractivity contribution in [3.8, 4) is 0 Å². The first-order valence-electron chi connectivity index (χ1n) is 37.9. The van der Waals surface area contributed by atoms with Crippen LogP contribution in [0.15, 0.2) is 12.2 Å². The third kappa shape index (κ3) is 67.7. The minimum atomic E-state index is -0.663. The Balaban J connectivity index is 3.35. The van der Waals surface area contributed by atoms with Gasteiger partial charge in [-0.1, -0.05) is 386 Å². The van der Waals surface area contributed by atoms with Gasteiger partial charge in [0.1, 0.15) is 0 Å². The van der Waals surface area contributed by atoms with Gasteiger partial charge in [-0.25, -0.2) is 0 Å². The van der Waals surface area contributed by atoms with Gasteiger partial charge >= 0.3 is 5.97 Å². The maximum Gasteiger partial charge on any atom is 0.305 e. The number of hydrogen-bond acceptors (Lipinski definition) is 5. The summed E-state index contributed by atoms with van der Waals surface area (Å²) < 4.78 is 5.50. The predicted molar refractivity (Wildman–Crippen MR) is 361 cm³/mol. The molecule has 2 unspecified atom stereocenters. The minimum absolute atomic E-state index is 0.0211. The van der Waals surface area contributed by atoms with Crippen LogP contribution in [0.25, 0.3) is 0 Å². The molecule has 0 heterocycles. The van der Waals surface area contributed by atoms with Gasteiger partial charge in [-0.2, -0.15) is 0 Å². The molecule has 0 aliphatic rings. The number of carbonyl (C=O) groups excluding carboxylic acids is 2. The number of ether oxygens (including phenoxy) is 1. The molecule has 2 atom stereocenters. The van der Waals surface area contributed by atoms with Crippen LogP contribution in [0, 0.1) is 0 Å². The Hall–Kier alpha value is -1.40. The van der Waals surface area contributed by atoms with Crippen LogP contribution in [-0.2, 0) is 14.3 Å². The molecule has 0 bridgehead atoms. The van der Waals surface area contributed by atoms with E-state index >= 15 is 0 Å². The first kappa shape index (κ1) is 80.6. The van der Waals surface area contributed by atoms with Gasteiger partial charge in [0, 0.05) is 12.8 Å². The van der Waals surface area contributed by atoms with Gasteiger partial charge in [0.2, 0.25) is 5.91 Å². The fourth-order valence-corrected chi connectivity index (χ4v) is 12.3. The van der Waals surface area contributed by atoms with Gasteiger partial charge in [-0.15, -0.1) is 0 Å². The molecular weight excluding hydrogens is 1010 g/mol. The molecule has 3 N–H and O–H groups in total. The third-order valence-corrected chi connectivity index (χ3v) is 18.1. The van der Waals surface area contributed by atoms with Crippen molar-refractivity contribution in [2.24, 2.45) is 0 Å². The zero-order chi connectivity index (χ0) is 59.2. The largest absolute Gasteiger partial charge is 0.466 e. The van der Waals surface area contributed by atoms with Gasteiger partial charge in [0.15, 0.2) is 0 Å². The number of allylic oxidation sites excluding steroid dienone is 2. The van der Waals surface area contributed by atoms with Crippen LogP contribution in [0.2, 0.25) is 0 Å². The maximum absolute atomic E-state index is 12.6. The van der Waals surface area contributed by atoms with Gasteiger partial charge in [-0.05, 0) is 51.4 Å². The maximum atomic E-state index is 12.6. The molecule has 0 aromatic carbocycles. The summed E-state index contributed by atoms with van der Waals surface area (Å²) >= 11 is 0. The molecule has 0 aromatic heterocycles. The molecule has 0 saturated carbocycles. The molecule has 1 amide bonds. The highest BCUT2D eigenvalue weighted by atomic mass is 16.5. The van der Waals surface area contributed by atoms with Gasteiger partial charge in [0.05, 0.1) is 25.4 Å². The SMILES string of the molecule is CCCCCCCCCCCCCCCCCCCCCCC(O)C(CO)NC(=O)CCCCCCCCCCCCCCCCC/C=C\CCCCCCCCCCCCCCOC(=O)CCCCCCCCCCCCCCCC. The zero-order valence-corrected chi connectivity index (χ0v) is 56.0. The summed E-state index contributed by atoms with van der Waals surface area (Å²) in [6.07, 6.45) is 90.0. The average molecular weight is 1160 g/mol. The number of aliphatic hydroxyl groups excluding tert-OH is 2. The Labute approximate surface area is 514 Å². The van der Waals surface area contributed by atoms with Crippen LogP contribution in [0.5, 0.6) is 0 Å². The van der Waals surface area contributed by atoms with Crippen LogP contribution in [0.4, 0.5) is 0 Å². The molecule has 0 spiro atoms. The highest BCUT2D eigenvalue weighted by molar-refractivity contribution is 5.76. The predicted octanol–water partition coefficient (Wildman–Crippen LogP) is 24.7. The van der Waals surface area contributed by atoms with E-state index in [1.807, 2.05) is 0 Å². The lowest BCUT2D eigenvalue weighted by Crippen LogP contribution is -2.45. The number of aliphatic hydroxyl groups is 2. The van der Waals surface area contributed by atoms with Crippen molar-refractivity contribution >= 4 is 11.9 Å². The summed E-state index contributed by atoms with van der Waals surface area (Å²) in [4.78, 5) is 24.6. The molecule has 0 rings (SSSR count). The minimum Gasteiger partial charge on any atom is -0.466 e. The summed E-state index contributed by atoms with van der Waals surface area (Å²) in [5.41, 5.74) is 0. The van der Waals surface area contributed by atoms with Crippen molar-refractivity contribution < 1.29 is 24.5 Å². The number of amides is 1.